The molecule has 2 aromatic rings. The molecule has 0 saturated heterocycles. The first kappa shape index (κ1) is 15.8. The zero-order valence-corrected chi connectivity index (χ0v) is 14.1. The molecule has 0 saturated carbocycles. The Bertz CT molecular complexity index is 847. The van der Waals surface area contributed by atoms with Gasteiger partial charge in [0.15, 0.2) is 0 Å². The third-order valence-corrected chi connectivity index (χ3v) is 4.91. The number of fused-ring (bicyclic) bond motifs is 2. The fourth-order valence-electron chi connectivity index (χ4n) is 3.59. The standard InChI is InChI=1S/C20H20N2O3/c1-25-16-10-15-4-2-3-5-18(15)22(12-16)20(24)9-13-6-7-14-11-19(23)21-17(14)8-13/h2-8,16H,9-12H2,1H3,(H,21,23). The van der Waals surface area contributed by atoms with Crippen LogP contribution < -0.4 is 10.2 Å². The summed E-state index contributed by atoms with van der Waals surface area (Å²) in [7, 11) is 1.68. The lowest BCUT2D eigenvalue weighted by Crippen LogP contribution is -2.43. The zero-order chi connectivity index (χ0) is 17.4. The number of para-hydroxylation sites is 1. The lowest BCUT2D eigenvalue weighted by molar-refractivity contribution is -0.118. The molecule has 2 aromatic carbocycles. The first-order valence-electron chi connectivity index (χ1n) is 8.47. The zero-order valence-electron chi connectivity index (χ0n) is 14.1. The Morgan fingerprint density at radius 3 is 2.92 bits per heavy atom. The second-order valence-electron chi connectivity index (χ2n) is 6.59. The molecule has 4 rings (SSSR count). The lowest BCUT2D eigenvalue weighted by Gasteiger charge is -2.34. The summed E-state index contributed by atoms with van der Waals surface area (Å²) in [5, 5.41) is 2.84. The number of carbonyl (C=O) groups excluding carboxylic acids is 2. The fourth-order valence-corrected chi connectivity index (χ4v) is 3.59. The summed E-state index contributed by atoms with van der Waals surface area (Å²) in [4.78, 5) is 26.2. The van der Waals surface area contributed by atoms with E-state index >= 15 is 0 Å². The number of methoxy groups -OCH3 is 1. The Balaban J connectivity index is 1.57. The minimum absolute atomic E-state index is 0.00590. The summed E-state index contributed by atoms with van der Waals surface area (Å²) in [6.07, 6.45) is 1.55. The van der Waals surface area contributed by atoms with Crippen molar-refractivity contribution in [2.24, 2.45) is 0 Å². The molecule has 2 aliphatic heterocycles. The number of amides is 2. The summed E-state index contributed by atoms with van der Waals surface area (Å²) >= 11 is 0. The van der Waals surface area contributed by atoms with Crippen LogP contribution in [-0.2, 0) is 33.6 Å². The Labute approximate surface area is 146 Å². The second-order valence-corrected chi connectivity index (χ2v) is 6.59. The predicted molar refractivity (Wildman–Crippen MR) is 95.8 cm³/mol. The molecule has 2 aliphatic rings. The van der Waals surface area contributed by atoms with Crippen LogP contribution in [0.15, 0.2) is 42.5 Å². The minimum Gasteiger partial charge on any atom is -0.379 e. The van der Waals surface area contributed by atoms with Crippen LogP contribution in [0, 0.1) is 0 Å². The molecule has 25 heavy (non-hydrogen) atoms. The summed E-state index contributed by atoms with van der Waals surface area (Å²) in [5.41, 5.74) is 4.82. The largest absolute Gasteiger partial charge is 0.379 e. The van der Waals surface area contributed by atoms with Crippen LogP contribution in [0.25, 0.3) is 0 Å². The molecule has 5 heteroatoms. The van der Waals surface area contributed by atoms with Crippen molar-refractivity contribution in [2.45, 2.75) is 25.4 Å². The van der Waals surface area contributed by atoms with Crippen LogP contribution in [-0.4, -0.2) is 31.6 Å². The van der Waals surface area contributed by atoms with Crippen LogP contribution in [0.5, 0.6) is 0 Å². The lowest BCUT2D eigenvalue weighted by atomic mass is 9.98. The molecular formula is C20H20N2O3. The van der Waals surface area contributed by atoms with E-state index in [2.05, 4.69) is 5.32 Å². The van der Waals surface area contributed by atoms with Gasteiger partial charge < -0.3 is 15.0 Å². The SMILES string of the molecule is COC1Cc2ccccc2N(C(=O)Cc2ccc3c(c2)NC(=O)C3)C1. The third-order valence-electron chi connectivity index (χ3n) is 4.91. The van der Waals surface area contributed by atoms with E-state index in [0.717, 1.165) is 34.5 Å². The average Bonchev–Trinajstić information content (AvgIpc) is 3.00. The predicted octanol–water partition coefficient (Wildman–Crippen LogP) is 2.33. The third kappa shape index (κ3) is 3.03. The van der Waals surface area contributed by atoms with E-state index in [0.29, 0.717) is 19.4 Å². The van der Waals surface area contributed by atoms with E-state index in [4.69, 9.17) is 4.74 Å². The quantitative estimate of drug-likeness (QED) is 0.936. The average molecular weight is 336 g/mol. The van der Waals surface area contributed by atoms with Gasteiger partial charge in [-0.25, -0.2) is 0 Å². The summed E-state index contributed by atoms with van der Waals surface area (Å²) < 4.78 is 5.51. The molecule has 1 unspecified atom stereocenters. The highest BCUT2D eigenvalue weighted by Gasteiger charge is 2.28. The van der Waals surface area contributed by atoms with Gasteiger partial charge >= 0.3 is 0 Å². The molecule has 0 spiro atoms. The van der Waals surface area contributed by atoms with Crippen molar-refractivity contribution in [3.63, 3.8) is 0 Å². The van der Waals surface area contributed by atoms with Gasteiger partial charge in [-0.15, -0.1) is 0 Å². The van der Waals surface area contributed by atoms with Crippen molar-refractivity contribution >= 4 is 23.2 Å². The maximum atomic E-state index is 12.9. The number of ether oxygens (including phenoxy) is 1. The van der Waals surface area contributed by atoms with Crippen molar-refractivity contribution < 1.29 is 14.3 Å². The molecule has 0 aliphatic carbocycles. The van der Waals surface area contributed by atoms with E-state index in [1.807, 2.05) is 47.4 Å². The number of benzene rings is 2. The molecule has 0 radical (unpaired) electrons. The summed E-state index contributed by atoms with van der Waals surface area (Å²) in [6, 6.07) is 13.7. The van der Waals surface area contributed by atoms with Crippen molar-refractivity contribution in [1.29, 1.82) is 0 Å². The molecule has 5 nitrogen and oxygen atoms in total. The number of rotatable bonds is 3. The first-order valence-corrected chi connectivity index (χ1v) is 8.47. The molecule has 1 N–H and O–H groups in total. The Kier molecular flexibility index (Phi) is 4.01. The highest BCUT2D eigenvalue weighted by molar-refractivity contribution is 6.00. The van der Waals surface area contributed by atoms with Crippen LogP contribution in [0.2, 0.25) is 0 Å². The van der Waals surface area contributed by atoms with Gasteiger partial charge in [-0.05, 0) is 28.8 Å². The van der Waals surface area contributed by atoms with Crippen molar-refractivity contribution in [3.05, 3.63) is 59.2 Å². The molecule has 2 amide bonds. The molecule has 128 valence electrons. The van der Waals surface area contributed by atoms with E-state index in [1.165, 1.54) is 0 Å². The van der Waals surface area contributed by atoms with E-state index in [-0.39, 0.29) is 17.9 Å². The van der Waals surface area contributed by atoms with Crippen LogP contribution >= 0.6 is 0 Å². The van der Waals surface area contributed by atoms with Crippen molar-refractivity contribution in [2.75, 3.05) is 23.9 Å². The Morgan fingerprint density at radius 2 is 2.08 bits per heavy atom. The first-order chi connectivity index (χ1) is 12.1. The van der Waals surface area contributed by atoms with Gasteiger partial charge in [-0.1, -0.05) is 30.3 Å². The Hall–Kier alpha value is -2.66. The van der Waals surface area contributed by atoms with Crippen molar-refractivity contribution in [3.8, 4) is 0 Å². The summed E-state index contributed by atoms with van der Waals surface area (Å²) in [5.74, 6) is 0.0462. The number of nitrogens with one attached hydrogen (secondary N) is 1. The number of carbonyl (C=O) groups is 2. The van der Waals surface area contributed by atoms with Gasteiger partial charge in [0, 0.05) is 24.9 Å². The number of hydrogen-bond donors (Lipinski definition) is 1. The normalized spacial score (nSPS) is 18.5. The number of nitrogens with zero attached hydrogens (tertiary/aromatic N) is 1. The molecule has 0 bridgehead atoms. The maximum Gasteiger partial charge on any atom is 0.231 e. The van der Waals surface area contributed by atoms with Crippen molar-refractivity contribution in [1.82, 2.24) is 0 Å². The van der Waals surface area contributed by atoms with Gasteiger partial charge in [0.2, 0.25) is 11.8 Å². The number of hydrogen-bond acceptors (Lipinski definition) is 3. The Morgan fingerprint density at radius 1 is 1.24 bits per heavy atom. The van der Waals surface area contributed by atoms with Gasteiger partial charge in [0.1, 0.15) is 0 Å². The van der Waals surface area contributed by atoms with Crippen LogP contribution in [0.3, 0.4) is 0 Å². The highest BCUT2D eigenvalue weighted by atomic mass is 16.5. The van der Waals surface area contributed by atoms with E-state index in [9.17, 15) is 9.59 Å². The molecular weight excluding hydrogens is 316 g/mol. The summed E-state index contributed by atoms with van der Waals surface area (Å²) in [6.45, 7) is 0.564. The molecule has 2 heterocycles. The van der Waals surface area contributed by atoms with Gasteiger partial charge in [0.05, 0.1) is 25.5 Å². The van der Waals surface area contributed by atoms with Gasteiger partial charge in [-0.3, -0.25) is 9.59 Å². The second kappa shape index (κ2) is 6.33. The van der Waals surface area contributed by atoms with Gasteiger partial charge in [-0.2, -0.15) is 0 Å². The van der Waals surface area contributed by atoms with E-state index < -0.39 is 0 Å². The van der Waals surface area contributed by atoms with Gasteiger partial charge in [0.25, 0.3) is 0 Å². The monoisotopic (exact) mass is 336 g/mol. The molecule has 0 aromatic heterocycles. The van der Waals surface area contributed by atoms with E-state index in [1.54, 1.807) is 7.11 Å². The topological polar surface area (TPSA) is 58.6 Å². The fraction of sp³-hybridized carbons (Fsp3) is 0.300. The van der Waals surface area contributed by atoms with Crippen LogP contribution in [0.4, 0.5) is 11.4 Å². The van der Waals surface area contributed by atoms with Crippen LogP contribution in [0.1, 0.15) is 16.7 Å². The molecule has 0 fully saturated rings. The smallest absolute Gasteiger partial charge is 0.231 e. The molecule has 1 atom stereocenters. The number of anilines is 2. The maximum absolute atomic E-state index is 12.9. The highest BCUT2D eigenvalue weighted by Crippen LogP contribution is 2.29. The minimum atomic E-state index is 0.00590.